The van der Waals surface area contributed by atoms with E-state index in [4.69, 9.17) is 0 Å². The highest BCUT2D eigenvalue weighted by atomic mass is 19.1. The van der Waals surface area contributed by atoms with E-state index in [2.05, 4.69) is 16.8 Å². The number of nitrogens with zero attached hydrogens (tertiary/aromatic N) is 2. The Bertz CT molecular complexity index is 346. The Morgan fingerprint density at radius 2 is 1.88 bits per heavy atom. The summed E-state index contributed by atoms with van der Waals surface area (Å²) in [7, 11) is 4.13. The van der Waals surface area contributed by atoms with Crippen LogP contribution >= 0.6 is 0 Å². The number of hydrogen-bond acceptors (Lipinski definition) is 2. The minimum atomic E-state index is -0.121. The van der Waals surface area contributed by atoms with Gasteiger partial charge in [-0.3, -0.25) is 0 Å². The summed E-state index contributed by atoms with van der Waals surface area (Å²) in [5.74, 6) is -0.121. The molecule has 1 aliphatic rings. The maximum absolute atomic E-state index is 13.6. The Labute approximate surface area is 96.7 Å². The molecule has 0 N–H and O–H groups in total. The number of piperidine rings is 1. The molecule has 1 aromatic carbocycles. The van der Waals surface area contributed by atoms with Gasteiger partial charge in [-0.25, -0.2) is 4.39 Å². The first-order chi connectivity index (χ1) is 7.68. The molecule has 16 heavy (non-hydrogen) atoms. The second-order valence-electron chi connectivity index (χ2n) is 4.60. The van der Waals surface area contributed by atoms with E-state index in [1.807, 2.05) is 19.2 Å². The van der Waals surface area contributed by atoms with Gasteiger partial charge in [-0.05, 0) is 45.1 Å². The Kier molecular flexibility index (Phi) is 3.44. The van der Waals surface area contributed by atoms with Gasteiger partial charge >= 0.3 is 0 Å². The van der Waals surface area contributed by atoms with Gasteiger partial charge in [0.15, 0.2) is 0 Å². The van der Waals surface area contributed by atoms with Crippen molar-refractivity contribution in [1.29, 1.82) is 0 Å². The van der Waals surface area contributed by atoms with Crippen molar-refractivity contribution in [2.75, 3.05) is 32.1 Å². The zero-order chi connectivity index (χ0) is 11.5. The van der Waals surface area contributed by atoms with E-state index in [1.165, 1.54) is 6.07 Å². The third-order valence-corrected chi connectivity index (χ3v) is 3.47. The lowest BCUT2D eigenvalue weighted by atomic mass is 10.0. The minimum absolute atomic E-state index is 0.121. The smallest absolute Gasteiger partial charge is 0.146 e. The summed E-state index contributed by atoms with van der Waals surface area (Å²) in [4.78, 5) is 4.41. The lowest BCUT2D eigenvalue weighted by molar-refractivity contribution is 0.252. The largest absolute Gasteiger partial charge is 0.369 e. The molecule has 1 aromatic rings. The van der Waals surface area contributed by atoms with Crippen LogP contribution in [0.1, 0.15) is 12.8 Å². The lowest BCUT2D eigenvalue weighted by Gasteiger charge is -2.36. The second-order valence-corrected chi connectivity index (χ2v) is 4.60. The van der Waals surface area contributed by atoms with Gasteiger partial charge in [-0.2, -0.15) is 0 Å². The van der Waals surface area contributed by atoms with E-state index in [1.54, 1.807) is 6.07 Å². The van der Waals surface area contributed by atoms with Gasteiger partial charge in [0.2, 0.25) is 0 Å². The zero-order valence-corrected chi connectivity index (χ0v) is 9.99. The SMILES string of the molecule is CN1CCC(N(C)c2ccccc2F)CC1. The Morgan fingerprint density at radius 3 is 2.50 bits per heavy atom. The topological polar surface area (TPSA) is 6.48 Å². The van der Waals surface area contributed by atoms with Gasteiger partial charge < -0.3 is 9.80 Å². The molecule has 0 amide bonds. The van der Waals surface area contributed by atoms with Crippen LogP contribution in [-0.4, -0.2) is 38.1 Å². The van der Waals surface area contributed by atoms with E-state index < -0.39 is 0 Å². The van der Waals surface area contributed by atoms with Gasteiger partial charge in [0.25, 0.3) is 0 Å². The van der Waals surface area contributed by atoms with Crippen molar-refractivity contribution in [3.05, 3.63) is 30.1 Å². The number of hydrogen-bond donors (Lipinski definition) is 0. The molecular weight excluding hydrogens is 203 g/mol. The molecule has 0 unspecified atom stereocenters. The van der Waals surface area contributed by atoms with E-state index in [0.717, 1.165) is 31.6 Å². The molecule has 1 fully saturated rings. The number of para-hydroxylation sites is 1. The Morgan fingerprint density at radius 1 is 1.25 bits per heavy atom. The average Bonchev–Trinajstić information content (AvgIpc) is 2.30. The second kappa shape index (κ2) is 4.83. The van der Waals surface area contributed by atoms with E-state index in [-0.39, 0.29) is 5.82 Å². The fourth-order valence-electron chi connectivity index (χ4n) is 2.32. The van der Waals surface area contributed by atoms with Crippen molar-refractivity contribution in [3.63, 3.8) is 0 Å². The van der Waals surface area contributed by atoms with Crippen LogP contribution in [0.5, 0.6) is 0 Å². The molecular formula is C13H19FN2. The van der Waals surface area contributed by atoms with Crippen molar-refractivity contribution in [3.8, 4) is 0 Å². The molecule has 0 radical (unpaired) electrons. The molecule has 0 spiro atoms. The number of halogens is 1. The fourth-order valence-corrected chi connectivity index (χ4v) is 2.32. The quantitative estimate of drug-likeness (QED) is 0.758. The summed E-state index contributed by atoms with van der Waals surface area (Å²) in [6, 6.07) is 7.48. The van der Waals surface area contributed by atoms with Gasteiger partial charge in [0, 0.05) is 13.1 Å². The Hall–Kier alpha value is -1.09. The average molecular weight is 222 g/mol. The summed E-state index contributed by atoms with van der Waals surface area (Å²) in [6.07, 6.45) is 2.22. The standard InChI is InChI=1S/C13H19FN2/c1-15-9-7-11(8-10-15)16(2)13-6-4-3-5-12(13)14/h3-6,11H,7-10H2,1-2H3. The van der Waals surface area contributed by atoms with Gasteiger partial charge in [-0.1, -0.05) is 12.1 Å². The monoisotopic (exact) mass is 222 g/mol. The summed E-state index contributed by atoms with van der Waals surface area (Å²) in [6.45, 7) is 2.20. The maximum atomic E-state index is 13.6. The van der Waals surface area contributed by atoms with Crippen LogP contribution < -0.4 is 4.90 Å². The highest BCUT2D eigenvalue weighted by Crippen LogP contribution is 2.23. The number of likely N-dealkylation sites (tertiary alicyclic amines) is 1. The van der Waals surface area contributed by atoms with Crippen molar-refractivity contribution in [1.82, 2.24) is 4.90 Å². The van der Waals surface area contributed by atoms with Gasteiger partial charge in [0.05, 0.1) is 5.69 Å². The molecule has 2 rings (SSSR count). The van der Waals surface area contributed by atoms with Crippen molar-refractivity contribution >= 4 is 5.69 Å². The van der Waals surface area contributed by atoms with E-state index in [0.29, 0.717) is 6.04 Å². The fraction of sp³-hybridized carbons (Fsp3) is 0.538. The summed E-state index contributed by atoms with van der Waals surface area (Å²) >= 11 is 0. The molecule has 88 valence electrons. The van der Waals surface area contributed by atoms with Crippen LogP contribution in [0.25, 0.3) is 0 Å². The molecule has 2 nitrogen and oxygen atoms in total. The first kappa shape index (κ1) is 11.4. The van der Waals surface area contributed by atoms with Crippen molar-refractivity contribution in [2.24, 2.45) is 0 Å². The summed E-state index contributed by atoms with van der Waals surface area (Å²) < 4.78 is 13.6. The molecule has 0 atom stereocenters. The first-order valence-corrected chi connectivity index (χ1v) is 5.84. The van der Waals surface area contributed by atoms with Crippen LogP contribution in [0, 0.1) is 5.82 Å². The highest BCUT2D eigenvalue weighted by molar-refractivity contribution is 5.47. The van der Waals surface area contributed by atoms with Crippen LogP contribution in [0.3, 0.4) is 0 Å². The summed E-state index contributed by atoms with van der Waals surface area (Å²) in [5.41, 5.74) is 0.719. The number of benzene rings is 1. The molecule has 0 bridgehead atoms. The molecule has 0 aromatic heterocycles. The minimum Gasteiger partial charge on any atom is -0.369 e. The van der Waals surface area contributed by atoms with Crippen molar-refractivity contribution < 1.29 is 4.39 Å². The number of anilines is 1. The third kappa shape index (κ3) is 2.35. The molecule has 1 heterocycles. The normalized spacial score (nSPS) is 18.7. The summed E-state index contributed by atoms with van der Waals surface area (Å²) in [5, 5.41) is 0. The third-order valence-electron chi connectivity index (χ3n) is 3.47. The molecule has 3 heteroatoms. The van der Waals surface area contributed by atoms with Crippen LogP contribution in [0.2, 0.25) is 0 Å². The zero-order valence-electron chi connectivity index (χ0n) is 9.99. The number of rotatable bonds is 2. The van der Waals surface area contributed by atoms with E-state index in [9.17, 15) is 4.39 Å². The molecule has 0 saturated carbocycles. The Balaban J connectivity index is 2.07. The lowest BCUT2D eigenvalue weighted by Crippen LogP contribution is -2.42. The molecule has 0 aliphatic carbocycles. The predicted molar refractivity (Wildman–Crippen MR) is 65.3 cm³/mol. The molecule has 1 saturated heterocycles. The first-order valence-electron chi connectivity index (χ1n) is 5.84. The highest BCUT2D eigenvalue weighted by Gasteiger charge is 2.21. The van der Waals surface area contributed by atoms with E-state index >= 15 is 0 Å². The predicted octanol–water partition coefficient (Wildman–Crippen LogP) is 2.36. The van der Waals surface area contributed by atoms with Crippen LogP contribution in [-0.2, 0) is 0 Å². The molecule has 1 aliphatic heterocycles. The van der Waals surface area contributed by atoms with Gasteiger partial charge in [0.1, 0.15) is 5.82 Å². The van der Waals surface area contributed by atoms with Crippen LogP contribution in [0.15, 0.2) is 24.3 Å². The maximum Gasteiger partial charge on any atom is 0.146 e. The van der Waals surface area contributed by atoms with Gasteiger partial charge in [-0.15, -0.1) is 0 Å². The van der Waals surface area contributed by atoms with Crippen LogP contribution in [0.4, 0.5) is 10.1 Å². The van der Waals surface area contributed by atoms with Crippen molar-refractivity contribution in [2.45, 2.75) is 18.9 Å².